The molecule has 150 valence electrons. The quantitative estimate of drug-likeness (QED) is 0.465. The van der Waals surface area contributed by atoms with Crippen LogP contribution < -0.4 is 4.72 Å². The van der Waals surface area contributed by atoms with E-state index in [2.05, 4.69) is 4.72 Å². The molecule has 2 rings (SSSR count). The molecule has 1 aliphatic heterocycles. The topological polar surface area (TPSA) is 102 Å². The fourth-order valence-corrected chi connectivity index (χ4v) is 3.94. The van der Waals surface area contributed by atoms with Gasteiger partial charge in [0.05, 0.1) is 11.0 Å². The second-order valence-corrected chi connectivity index (χ2v) is 8.64. The molecule has 2 atom stereocenters. The zero-order chi connectivity index (χ0) is 19.9. The van der Waals surface area contributed by atoms with Crippen LogP contribution in [0.15, 0.2) is 47.4 Å². The third kappa shape index (κ3) is 7.06. The van der Waals surface area contributed by atoms with Gasteiger partial charge in [-0.25, -0.2) is 13.1 Å². The zero-order valence-electron chi connectivity index (χ0n) is 15.6. The van der Waals surface area contributed by atoms with Crippen LogP contribution in [0.1, 0.15) is 39.5 Å². The molecule has 0 unspecified atom stereocenters. The molecule has 1 fully saturated rings. The van der Waals surface area contributed by atoms with Crippen molar-refractivity contribution in [2.24, 2.45) is 0 Å². The van der Waals surface area contributed by atoms with E-state index in [9.17, 15) is 13.2 Å². The number of unbranched alkanes of at least 4 members (excludes halogenated alkanes) is 1. The Kier molecular flexibility index (Phi) is 7.55. The van der Waals surface area contributed by atoms with Crippen LogP contribution in [-0.2, 0) is 24.3 Å². The van der Waals surface area contributed by atoms with E-state index >= 15 is 0 Å². The number of ether oxygens (including phenoxy) is 2. The maximum absolute atomic E-state index is 12.4. The number of carboxylic acid groups (broad SMARTS) is 1. The van der Waals surface area contributed by atoms with Crippen LogP contribution in [0.3, 0.4) is 0 Å². The van der Waals surface area contributed by atoms with E-state index in [0.29, 0.717) is 19.3 Å². The van der Waals surface area contributed by atoms with Crippen molar-refractivity contribution in [3.63, 3.8) is 0 Å². The minimum Gasteiger partial charge on any atom is -0.481 e. The van der Waals surface area contributed by atoms with Gasteiger partial charge in [-0.05, 0) is 45.2 Å². The number of nitrogens with one attached hydrogen (secondary N) is 1. The van der Waals surface area contributed by atoms with Crippen molar-refractivity contribution in [2.75, 3.05) is 6.54 Å². The van der Waals surface area contributed by atoms with Gasteiger partial charge in [0, 0.05) is 13.0 Å². The Morgan fingerprint density at radius 3 is 2.52 bits per heavy atom. The Morgan fingerprint density at radius 1 is 1.19 bits per heavy atom. The first kappa shape index (κ1) is 21.6. The standard InChI is InChI=1S/C19H27NO6S/c1-19(2)25-16(12-8-3-4-9-13-18(21)22)17(26-19)14-20-27(23,24)15-10-6-5-7-11-15/h3,5-8,10-11,16-17,20H,4,9,12-14H2,1-2H3,(H,21,22)/b8-3-/t16-,17-/m1/s1. The average Bonchev–Trinajstić information content (AvgIpc) is 2.90. The lowest BCUT2D eigenvalue weighted by Gasteiger charge is -2.17. The smallest absolute Gasteiger partial charge is 0.303 e. The lowest BCUT2D eigenvalue weighted by atomic mass is 10.1. The van der Waals surface area contributed by atoms with Crippen LogP contribution in [-0.4, -0.2) is 44.0 Å². The number of aliphatic carboxylic acids is 1. The average molecular weight is 397 g/mol. The summed E-state index contributed by atoms with van der Waals surface area (Å²) < 4.78 is 39.1. The predicted octanol–water partition coefficient (Wildman–Crippen LogP) is 2.69. The van der Waals surface area contributed by atoms with Crippen molar-refractivity contribution in [1.82, 2.24) is 4.72 Å². The van der Waals surface area contributed by atoms with E-state index in [1.807, 2.05) is 12.2 Å². The SMILES string of the molecule is CC1(C)O[C@H](C/C=C\CCCC(=O)O)[C@@H](CNS(=O)(=O)c2ccccc2)O1. The minimum absolute atomic E-state index is 0.109. The summed E-state index contributed by atoms with van der Waals surface area (Å²) in [6.45, 7) is 3.70. The maximum atomic E-state index is 12.4. The van der Waals surface area contributed by atoms with E-state index in [1.165, 1.54) is 12.1 Å². The van der Waals surface area contributed by atoms with Gasteiger partial charge in [0.2, 0.25) is 10.0 Å². The normalized spacial score (nSPS) is 22.3. The van der Waals surface area contributed by atoms with Crippen molar-refractivity contribution in [3.8, 4) is 0 Å². The summed E-state index contributed by atoms with van der Waals surface area (Å²) >= 11 is 0. The Labute approximate surface area is 160 Å². The molecule has 1 heterocycles. The van der Waals surface area contributed by atoms with Crippen molar-refractivity contribution in [2.45, 2.75) is 62.4 Å². The van der Waals surface area contributed by atoms with Crippen molar-refractivity contribution >= 4 is 16.0 Å². The number of hydrogen-bond acceptors (Lipinski definition) is 5. The zero-order valence-corrected chi connectivity index (χ0v) is 16.4. The van der Waals surface area contributed by atoms with E-state index in [0.717, 1.165) is 0 Å². The highest BCUT2D eigenvalue weighted by Crippen LogP contribution is 2.30. The van der Waals surface area contributed by atoms with Gasteiger partial charge in [-0.15, -0.1) is 0 Å². The summed E-state index contributed by atoms with van der Waals surface area (Å²) in [4.78, 5) is 10.7. The molecule has 2 N–H and O–H groups in total. The van der Waals surface area contributed by atoms with Crippen LogP contribution in [0, 0.1) is 0 Å². The molecule has 1 aromatic rings. The molecule has 0 aliphatic carbocycles. The number of sulfonamides is 1. The van der Waals surface area contributed by atoms with Crippen LogP contribution >= 0.6 is 0 Å². The molecule has 1 aromatic carbocycles. The van der Waals surface area contributed by atoms with Gasteiger partial charge in [-0.1, -0.05) is 30.4 Å². The Morgan fingerprint density at radius 2 is 1.85 bits per heavy atom. The summed E-state index contributed by atoms with van der Waals surface area (Å²) in [5, 5.41) is 8.63. The molecule has 8 heteroatoms. The Bertz CT molecular complexity index is 745. The maximum Gasteiger partial charge on any atom is 0.303 e. The molecule has 0 radical (unpaired) electrons. The van der Waals surface area contributed by atoms with Gasteiger partial charge in [0.1, 0.15) is 6.10 Å². The lowest BCUT2D eigenvalue weighted by molar-refractivity contribution is -0.145. The summed E-state index contributed by atoms with van der Waals surface area (Å²) in [6.07, 6.45) is 5.11. The molecule has 0 amide bonds. The summed E-state index contributed by atoms with van der Waals surface area (Å²) in [6, 6.07) is 8.18. The molecule has 1 aliphatic rings. The highest BCUT2D eigenvalue weighted by Gasteiger charge is 2.40. The third-order valence-corrected chi connectivity index (χ3v) is 5.55. The molecule has 27 heavy (non-hydrogen) atoms. The number of rotatable bonds is 10. The van der Waals surface area contributed by atoms with Crippen molar-refractivity contribution in [3.05, 3.63) is 42.5 Å². The van der Waals surface area contributed by atoms with Gasteiger partial charge in [0.25, 0.3) is 0 Å². The highest BCUT2D eigenvalue weighted by atomic mass is 32.2. The van der Waals surface area contributed by atoms with Gasteiger partial charge in [-0.2, -0.15) is 0 Å². The summed E-state index contributed by atoms with van der Waals surface area (Å²) in [7, 11) is -3.61. The number of benzene rings is 1. The molecule has 1 saturated heterocycles. The van der Waals surface area contributed by atoms with Gasteiger partial charge >= 0.3 is 5.97 Å². The highest BCUT2D eigenvalue weighted by molar-refractivity contribution is 7.89. The monoisotopic (exact) mass is 397 g/mol. The fraction of sp³-hybridized carbons (Fsp3) is 0.526. The third-order valence-electron chi connectivity index (χ3n) is 4.11. The second-order valence-electron chi connectivity index (χ2n) is 6.87. The van der Waals surface area contributed by atoms with Crippen molar-refractivity contribution in [1.29, 1.82) is 0 Å². The van der Waals surface area contributed by atoms with Crippen LogP contribution in [0.25, 0.3) is 0 Å². The van der Waals surface area contributed by atoms with E-state index < -0.39 is 27.9 Å². The first-order chi connectivity index (χ1) is 12.7. The van der Waals surface area contributed by atoms with Crippen LogP contribution in [0.2, 0.25) is 0 Å². The molecular weight excluding hydrogens is 370 g/mol. The summed E-state index contributed by atoms with van der Waals surface area (Å²) in [5.74, 6) is -1.59. The minimum atomic E-state index is -3.61. The lowest BCUT2D eigenvalue weighted by Crippen LogP contribution is -2.37. The van der Waals surface area contributed by atoms with Crippen molar-refractivity contribution < 1.29 is 27.8 Å². The van der Waals surface area contributed by atoms with Gasteiger partial charge in [0.15, 0.2) is 5.79 Å². The van der Waals surface area contributed by atoms with E-state index in [1.54, 1.807) is 32.0 Å². The molecule has 0 saturated carbocycles. The largest absolute Gasteiger partial charge is 0.481 e. The Hall–Kier alpha value is -1.74. The summed E-state index contributed by atoms with van der Waals surface area (Å²) in [5.41, 5.74) is 0. The fourth-order valence-electron chi connectivity index (χ4n) is 2.88. The van der Waals surface area contributed by atoms with Gasteiger partial charge < -0.3 is 14.6 Å². The first-order valence-corrected chi connectivity index (χ1v) is 10.4. The van der Waals surface area contributed by atoms with E-state index in [4.69, 9.17) is 14.6 Å². The number of carboxylic acids is 1. The van der Waals surface area contributed by atoms with E-state index in [-0.39, 0.29) is 24.0 Å². The predicted molar refractivity (Wildman–Crippen MR) is 101 cm³/mol. The van der Waals surface area contributed by atoms with Crippen LogP contribution in [0.5, 0.6) is 0 Å². The van der Waals surface area contributed by atoms with Crippen LogP contribution in [0.4, 0.5) is 0 Å². The van der Waals surface area contributed by atoms with Gasteiger partial charge in [-0.3, -0.25) is 4.79 Å². The first-order valence-electron chi connectivity index (χ1n) is 8.97. The Balaban J connectivity index is 1.89. The number of hydrogen-bond donors (Lipinski definition) is 2. The number of carbonyl (C=O) groups is 1. The second kappa shape index (κ2) is 9.45. The molecule has 0 spiro atoms. The molecular formula is C19H27NO6S. The molecule has 0 aromatic heterocycles. The molecule has 0 bridgehead atoms. The number of allylic oxidation sites excluding steroid dienone is 1. The molecule has 7 nitrogen and oxygen atoms in total.